The number of likely N-dealkylation sites (N-methyl/N-ethyl adjacent to an activating group) is 1. The molecule has 0 aliphatic rings. The van der Waals surface area contributed by atoms with Crippen LogP contribution in [0.25, 0.3) is 0 Å². The maximum absolute atomic E-state index is 11.5. The van der Waals surface area contributed by atoms with Crippen LogP contribution in [0.4, 0.5) is 0 Å². The lowest BCUT2D eigenvalue weighted by Gasteiger charge is -2.11. The van der Waals surface area contributed by atoms with E-state index in [1.165, 1.54) is 4.90 Å². The Morgan fingerprint density at radius 2 is 1.82 bits per heavy atom. The van der Waals surface area contributed by atoms with Crippen LogP contribution in [-0.4, -0.2) is 56.5 Å². The highest BCUT2D eigenvalue weighted by molar-refractivity contribution is 5.86. The minimum absolute atomic E-state index is 0.136. The number of para-hydroxylation sites is 1. The Labute approximate surface area is 129 Å². The average Bonchev–Trinajstić information content (AvgIpc) is 2.49. The molecule has 7 nitrogen and oxygen atoms in total. The summed E-state index contributed by atoms with van der Waals surface area (Å²) in [6, 6.07) is 7.25. The Morgan fingerprint density at radius 3 is 2.45 bits per heavy atom. The minimum Gasteiger partial charge on any atom is -0.482 e. The summed E-state index contributed by atoms with van der Waals surface area (Å²) in [6.45, 7) is 0.990. The van der Waals surface area contributed by atoms with Gasteiger partial charge >= 0.3 is 5.97 Å². The maximum atomic E-state index is 11.5. The van der Waals surface area contributed by atoms with Crippen LogP contribution in [0.1, 0.15) is 5.56 Å². The summed E-state index contributed by atoms with van der Waals surface area (Å²) in [4.78, 5) is 35.5. The monoisotopic (exact) mass is 308 g/mol. The summed E-state index contributed by atoms with van der Waals surface area (Å²) >= 11 is 0. The number of esters is 1. The van der Waals surface area contributed by atoms with Crippen molar-refractivity contribution in [1.82, 2.24) is 10.2 Å². The molecule has 0 atom stereocenters. The lowest BCUT2D eigenvalue weighted by molar-refractivity contribution is -0.150. The normalized spacial score (nSPS) is 9.77. The van der Waals surface area contributed by atoms with Crippen LogP contribution in [0.3, 0.4) is 0 Å². The number of hydrogen-bond acceptors (Lipinski definition) is 5. The molecular weight excluding hydrogens is 288 g/mol. The summed E-state index contributed by atoms with van der Waals surface area (Å²) in [6.07, 6.45) is 0. The fraction of sp³-hybridized carbons (Fsp3) is 0.400. The van der Waals surface area contributed by atoms with Gasteiger partial charge in [-0.2, -0.15) is 0 Å². The van der Waals surface area contributed by atoms with Crippen LogP contribution in [-0.2, 0) is 19.1 Å². The molecule has 120 valence electrons. The molecule has 1 aromatic rings. The van der Waals surface area contributed by atoms with Crippen LogP contribution in [0.2, 0.25) is 0 Å². The van der Waals surface area contributed by atoms with Crippen molar-refractivity contribution in [2.24, 2.45) is 0 Å². The summed E-state index contributed by atoms with van der Waals surface area (Å²) < 4.78 is 10.1. The van der Waals surface area contributed by atoms with E-state index in [9.17, 15) is 14.4 Å². The largest absolute Gasteiger partial charge is 0.482 e. The van der Waals surface area contributed by atoms with Gasteiger partial charge in [-0.3, -0.25) is 9.59 Å². The minimum atomic E-state index is -0.655. The van der Waals surface area contributed by atoms with E-state index in [-0.39, 0.29) is 19.1 Å². The first-order chi connectivity index (χ1) is 10.4. The van der Waals surface area contributed by atoms with Crippen LogP contribution >= 0.6 is 0 Å². The quantitative estimate of drug-likeness (QED) is 0.723. The number of amides is 2. The first-order valence-corrected chi connectivity index (χ1v) is 6.71. The Morgan fingerprint density at radius 1 is 1.14 bits per heavy atom. The van der Waals surface area contributed by atoms with Gasteiger partial charge in [-0.05, 0) is 18.6 Å². The first kappa shape index (κ1) is 17.5. The Bertz CT molecular complexity index is 542. The Balaban J connectivity index is 2.24. The third kappa shape index (κ3) is 6.25. The Hall–Kier alpha value is -2.57. The molecule has 0 saturated heterocycles. The molecule has 0 heterocycles. The van der Waals surface area contributed by atoms with Crippen molar-refractivity contribution >= 4 is 17.8 Å². The summed E-state index contributed by atoms with van der Waals surface area (Å²) in [5.41, 5.74) is 0.898. The molecule has 2 amide bonds. The molecule has 0 aliphatic heterocycles. The number of rotatable bonds is 7. The molecule has 0 spiro atoms. The van der Waals surface area contributed by atoms with Gasteiger partial charge in [0.1, 0.15) is 5.75 Å². The van der Waals surface area contributed by atoms with Crippen molar-refractivity contribution in [3.8, 4) is 5.75 Å². The lowest BCUT2D eigenvalue weighted by Crippen LogP contribution is -2.38. The second kappa shape index (κ2) is 8.66. The van der Waals surface area contributed by atoms with Gasteiger partial charge in [0.15, 0.2) is 13.2 Å². The first-order valence-electron chi connectivity index (χ1n) is 6.71. The zero-order valence-electron chi connectivity index (χ0n) is 12.9. The van der Waals surface area contributed by atoms with Crippen molar-refractivity contribution in [2.45, 2.75) is 6.92 Å². The average molecular weight is 308 g/mol. The van der Waals surface area contributed by atoms with Gasteiger partial charge in [0.2, 0.25) is 5.91 Å². The molecule has 1 N–H and O–H groups in total. The zero-order valence-corrected chi connectivity index (χ0v) is 12.9. The van der Waals surface area contributed by atoms with E-state index in [2.05, 4.69) is 5.32 Å². The summed E-state index contributed by atoms with van der Waals surface area (Å²) in [5.74, 6) is -0.861. The number of ether oxygens (including phenoxy) is 2. The summed E-state index contributed by atoms with van der Waals surface area (Å²) in [7, 11) is 3.16. The van der Waals surface area contributed by atoms with Crippen molar-refractivity contribution in [1.29, 1.82) is 0 Å². The molecule has 0 bridgehead atoms. The molecule has 22 heavy (non-hydrogen) atoms. The lowest BCUT2D eigenvalue weighted by atomic mass is 10.2. The number of hydrogen-bond donors (Lipinski definition) is 1. The predicted molar refractivity (Wildman–Crippen MR) is 79.3 cm³/mol. The van der Waals surface area contributed by atoms with Crippen LogP contribution in [0.5, 0.6) is 5.75 Å². The smallest absolute Gasteiger partial charge is 0.344 e. The van der Waals surface area contributed by atoms with E-state index in [0.717, 1.165) is 5.56 Å². The van der Waals surface area contributed by atoms with Crippen molar-refractivity contribution in [3.63, 3.8) is 0 Å². The number of carbonyl (C=O) groups is 3. The highest BCUT2D eigenvalue weighted by atomic mass is 16.6. The van der Waals surface area contributed by atoms with Gasteiger partial charge in [0.05, 0.1) is 6.54 Å². The van der Waals surface area contributed by atoms with Crippen molar-refractivity contribution in [3.05, 3.63) is 29.8 Å². The van der Waals surface area contributed by atoms with Gasteiger partial charge in [0, 0.05) is 14.1 Å². The van der Waals surface area contributed by atoms with Crippen LogP contribution in [0.15, 0.2) is 24.3 Å². The van der Waals surface area contributed by atoms with Gasteiger partial charge in [-0.1, -0.05) is 18.2 Å². The van der Waals surface area contributed by atoms with Gasteiger partial charge < -0.3 is 19.7 Å². The molecule has 0 unspecified atom stereocenters. The highest BCUT2D eigenvalue weighted by Gasteiger charge is 2.11. The number of aryl methyl sites for hydroxylation is 1. The molecule has 0 aliphatic carbocycles. The van der Waals surface area contributed by atoms with Crippen LogP contribution < -0.4 is 10.1 Å². The standard InChI is InChI=1S/C15H20N2O5/c1-11-6-4-5-7-12(11)21-10-15(20)22-9-13(18)16-8-14(19)17(2)3/h4-7H,8-10H2,1-3H3,(H,16,18). The molecule has 0 radical (unpaired) electrons. The zero-order chi connectivity index (χ0) is 16.5. The number of nitrogens with one attached hydrogen (secondary N) is 1. The number of benzene rings is 1. The third-order valence-electron chi connectivity index (χ3n) is 2.74. The highest BCUT2D eigenvalue weighted by Crippen LogP contribution is 2.15. The van der Waals surface area contributed by atoms with Gasteiger partial charge in [-0.15, -0.1) is 0 Å². The molecule has 7 heteroatoms. The molecule has 0 fully saturated rings. The fourth-order valence-electron chi connectivity index (χ4n) is 1.43. The maximum Gasteiger partial charge on any atom is 0.344 e. The molecule has 1 aromatic carbocycles. The fourth-order valence-corrected chi connectivity index (χ4v) is 1.43. The van der Waals surface area contributed by atoms with E-state index in [1.54, 1.807) is 26.2 Å². The van der Waals surface area contributed by atoms with Gasteiger partial charge in [-0.25, -0.2) is 4.79 Å². The predicted octanol–water partition coefficient (Wildman–Crippen LogP) is 0.121. The molecule has 0 aromatic heterocycles. The topological polar surface area (TPSA) is 84.9 Å². The van der Waals surface area contributed by atoms with E-state index >= 15 is 0 Å². The second-order valence-corrected chi connectivity index (χ2v) is 4.78. The van der Waals surface area contributed by atoms with E-state index in [4.69, 9.17) is 9.47 Å². The summed E-state index contributed by atoms with van der Waals surface area (Å²) in [5, 5.41) is 2.35. The Kier molecular flexibility index (Phi) is 6.88. The molecular formula is C15H20N2O5. The SMILES string of the molecule is Cc1ccccc1OCC(=O)OCC(=O)NCC(=O)N(C)C. The second-order valence-electron chi connectivity index (χ2n) is 4.78. The van der Waals surface area contributed by atoms with E-state index < -0.39 is 18.5 Å². The molecule has 0 saturated carbocycles. The number of nitrogens with zero attached hydrogens (tertiary/aromatic N) is 1. The van der Waals surface area contributed by atoms with E-state index in [0.29, 0.717) is 5.75 Å². The molecule has 1 rings (SSSR count). The van der Waals surface area contributed by atoms with Crippen molar-refractivity contribution < 1.29 is 23.9 Å². The van der Waals surface area contributed by atoms with Crippen molar-refractivity contribution in [2.75, 3.05) is 33.9 Å². The van der Waals surface area contributed by atoms with E-state index in [1.807, 2.05) is 19.1 Å². The third-order valence-corrected chi connectivity index (χ3v) is 2.74. The number of carbonyl (C=O) groups excluding carboxylic acids is 3. The van der Waals surface area contributed by atoms with Crippen LogP contribution in [0, 0.1) is 6.92 Å². The van der Waals surface area contributed by atoms with Gasteiger partial charge in [0.25, 0.3) is 5.91 Å².